The molecule has 88 valence electrons. The molecule has 1 atom stereocenters. The van der Waals surface area contributed by atoms with E-state index in [9.17, 15) is 15.0 Å². The third-order valence-corrected chi connectivity index (χ3v) is 2.79. The van der Waals surface area contributed by atoms with Gasteiger partial charge in [-0.15, -0.1) is 0 Å². The fourth-order valence-electron chi connectivity index (χ4n) is 1.33. The maximum atomic E-state index is 11.7. The van der Waals surface area contributed by atoms with Crippen LogP contribution in [0.25, 0.3) is 0 Å². The number of rotatable bonds is 4. The Bertz CT molecular complexity index is 361. The van der Waals surface area contributed by atoms with Crippen LogP contribution in [-0.4, -0.2) is 34.2 Å². The van der Waals surface area contributed by atoms with E-state index in [1.54, 1.807) is 11.8 Å². The molecule has 0 saturated heterocycles. The summed E-state index contributed by atoms with van der Waals surface area (Å²) in [4.78, 5) is 11.7. The number of thioether (sulfide) groups is 1. The third kappa shape index (κ3) is 3.66. The van der Waals surface area contributed by atoms with Crippen LogP contribution >= 0.6 is 11.8 Å². The molecule has 0 radical (unpaired) electrons. The van der Waals surface area contributed by atoms with E-state index in [1.165, 1.54) is 18.2 Å². The van der Waals surface area contributed by atoms with Crippen molar-refractivity contribution < 1.29 is 15.0 Å². The van der Waals surface area contributed by atoms with Gasteiger partial charge in [-0.3, -0.25) is 4.79 Å². The number of carbonyl (C=O) groups is 1. The van der Waals surface area contributed by atoms with Gasteiger partial charge in [-0.25, -0.2) is 0 Å². The van der Waals surface area contributed by atoms with Crippen molar-refractivity contribution in [3.8, 4) is 11.5 Å². The van der Waals surface area contributed by atoms with E-state index >= 15 is 0 Å². The van der Waals surface area contributed by atoms with Gasteiger partial charge in [-0.05, 0) is 25.3 Å². The van der Waals surface area contributed by atoms with Gasteiger partial charge in [-0.1, -0.05) is 0 Å². The molecule has 0 fully saturated rings. The highest BCUT2D eigenvalue weighted by Gasteiger charge is 2.11. The second-order valence-corrected chi connectivity index (χ2v) is 4.48. The van der Waals surface area contributed by atoms with E-state index in [1.807, 2.05) is 13.2 Å². The highest BCUT2D eigenvalue weighted by Crippen LogP contribution is 2.20. The number of benzene rings is 1. The van der Waals surface area contributed by atoms with Crippen LogP contribution in [0.3, 0.4) is 0 Å². The third-order valence-electron chi connectivity index (χ3n) is 1.96. The highest BCUT2D eigenvalue weighted by molar-refractivity contribution is 7.98. The average molecular weight is 241 g/mol. The molecular formula is C11H15NO3S. The Morgan fingerprint density at radius 3 is 2.44 bits per heavy atom. The maximum Gasteiger partial charge on any atom is 0.251 e. The quantitative estimate of drug-likeness (QED) is 0.748. The largest absolute Gasteiger partial charge is 0.508 e. The van der Waals surface area contributed by atoms with E-state index in [0.29, 0.717) is 0 Å². The molecular weight excluding hydrogens is 226 g/mol. The Kier molecular flexibility index (Phi) is 4.49. The molecule has 1 aromatic rings. The Morgan fingerprint density at radius 2 is 1.94 bits per heavy atom. The second-order valence-electron chi connectivity index (χ2n) is 3.57. The molecule has 3 N–H and O–H groups in total. The zero-order valence-electron chi connectivity index (χ0n) is 9.23. The lowest BCUT2D eigenvalue weighted by molar-refractivity contribution is 0.0943. The van der Waals surface area contributed by atoms with Gasteiger partial charge in [0.25, 0.3) is 5.91 Å². The first-order chi connectivity index (χ1) is 7.52. The van der Waals surface area contributed by atoms with Crippen LogP contribution in [0.5, 0.6) is 11.5 Å². The summed E-state index contributed by atoms with van der Waals surface area (Å²) in [5.74, 6) is 0.273. The summed E-state index contributed by atoms with van der Waals surface area (Å²) in [5.41, 5.74) is 0.255. The summed E-state index contributed by atoms with van der Waals surface area (Å²) in [5, 5.41) is 21.2. The molecule has 5 heteroatoms. The molecule has 1 aromatic carbocycles. The molecule has 1 unspecified atom stereocenters. The molecule has 0 saturated carbocycles. The summed E-state index contributed by atoms with van der Waals surface area (Å²) in [7, 11) is 0. The van der Waals surface area contributed by atoms with Crippen LogP contribution in [0.4, 0.5) is 0 Å². The summed E-state index contributed by atoms with van der Waals surface area (Å²) < 4.78 is 0. The zero-order valence-corrected chi connectivity index (χ0v) is 10.0. The predicted octanol–water partition coefficient (Wildman–Crippen LogP) is 1.58. The lowest BCUT2D eigenvalue weighted by Crippen LogP contribution is -2.34. The molecule has 1 amide bonds. The van der Waals surface area contributed by atoms with Gasteiger partial charge in [0.1, 0.15) is 11.5 Å². The second kappa shape index (κ2) is 5.65. The van der Waals surface area contributed by atoms with E-state index in [0.717, 1.165) is 5.75 Å². The van der Waals surface area contributed by atoms with Gasteiger partial charge in [-0.2, -0.15) is 11.8 Å². The van der Waals surface area contributed by atoms with Crippen molar-refractivity contribution >= 4 is 17.7 Å². The van der Waals surface area contributed by atoms with Gasteiger partial charge in [0, 0.05) is 23.4 Å². The summed E-state index contributed by atoms with van der Waals surface area (Å²) in [6.45, 7) is 1.90. The molecule has 0 aromatic heterocycles. The zero-order chi connectivity index (χ0) is 12.1. The first-order valence-electron chi connectivity index (χ1n) is 4.85. The Morgan fingerprint density at radius 1 is 1.38 bits per heavy atom. The molecule has 16 heavy (non-hydrogen) atoms. The molecule has 0 aliphatic rings. The Balaban J connectivity index is 2.72. The Labute approximate surface area is 98.7 Å². The topological polar surface area (TPSA) is 69.6 Å². The van der Waals surface area contributed by atoms with E-state index < -0.39 is 0 Å². The van der Waals surface area contributed by atoms with Crippen molar-refractivity contribution in [2.45, 2.75) is 13.0 Å². The summed E-state index contributed by atoms with van der Waals surface area (Å²) in [6, 6.07) is 3.87. The number of amides is 1. The van der Waals surface area contributed by atoms with E-state index in [4.69, 9.17) is 0 Å². The standard InChI is InChI=1S/C11H15NO3S/c1-7(6-16-2)12-11(15)8-3-9(13)5-10(14)4-8/h3-5,7,13-14H,6H2,1-2H3,(H,12,15). The monoisotopic (exact) mass is 241 g/mol. The van der Waals surface area contributed by atoms with Gasteiger partial charge < -0.3 is 15.5 Å². The number of hydrogen-bond donors (Lipinski definition) is 3. The van der Waals surface area contributed by atoms with Crippen molar-refractivity contribution in [1.82, 2.24) is 5.32 Å². The summed E-state index contributed by atoms with van der Waals surface area (Å²) >= 11 is 1.64. The molecule has 0 bridgehead atoms. The first kappa shape index (κ1) is 12.7. The van der Waals surface area contributed by atoms with Crippen molar-refractivity contribution in [2.75, 3.05) is 12.0 Å². The SMILES string of the molecule is CSCC(C)NC(=O)c1cc(O)cc(O)c1. The van der Waals surface area contributed by atoms with Crippen molar-refractivity contribution in [1.29, 1.82) is 0 Å². The van der Waals surface area contributed by atoms with Gasteiger partial charge >= 0.3 is 0 Å². The fraction of sp³-hybridized carbons (Fsp3) is 0.364. The predicted molar refractivity (Wildman–Crippen MR) is 65.1 cm³/mol. The van der Waals surface area contributed by atoms with Crippen LogP contribution in [0.2, 0.25) is 0 Å². The van der Waals surface area contributed by atoms with Gasteiger partial charge in [0.15, 0.2) is 0 Å². The normalized spacial score (nSPS) is 12.1. The molecule has 0 spiro atoms. The van der Waals surface area contributed by atoms with Gasteiger partial charge in [0.05, 0.1) is 0 Å². The molecule has 1 rings (SSSR count). The number of nitrogens with one attached hydrogen (secondary N) is 1. The minimum absolute atomic E-state index is 0.0481. The number of hydrogen-bond acceptors (Lipinski definition) is 4. The first-order valence-corrected chi connectivity index (χ1v) is 6.25. The highest BCUT2D eigenvalue weighted by atomic mass is 32.2. The molecule has 0 aliphatic heterocycles. The van der Waals surface area contributed by atoms with E-state index in [2.05, 4.69) is 5.32 Å². The lowest BCUT2D eigenvalue weighted by Gasteiger charge is -2.12. The van der Waals surface area contributed by atoms with Crippen molar-refractivity contribution in [3.63, 3.8) is 0 Å². The van der Waals surface area contributed by atoms with Crippen LogP contribution in [-0.2, 0) is 0 Å². The molecule has 0 aliphatic carbocycles. The van der Waals surface area contributed by atoms with Crippen LogP contribution in [0.15, 0.2) is 18.2 Å². The van der Waals surface area contributed by atoms with Crippen LogP contribution < -0.4 is 5.32 Å². The van der Waals surface area contributed by atoms with Crippen LogP contribution in [0.1, 0.15) is 17.3 Å². The van der Waals surface area contributed by atoms with Crippen molar-refractivity contribution in [3.05, 3.63) is 23.8 Å². The number of carbonyl (C=O) groups excluding carboxylic acids is 1. The fourth-order valence-corrected chi connectivity index (χ4v) is 1.91. The summed E-state index contributed by atoms with van der Waals surface area (Å²) in [6.07, 6.45) is 1.96. The molecule has 0 heterocycles. The smallest absolute Gasteiger partial charge is 0.251 e. The van der Waals surface area contributed by atoms with Crippen molar-refractivity contribution in [2.24, 2.45) is 0 Å². The van der Waals surface area contributed by atoms with E-state index in [-0.39, 0.29) is 29.0 Å². The maximum absolute atomic E-state index is 11.7. The Hall–Kier alpha value is -1.36. The number of phenols is 2. The molecule has 4 nitrogen and oxygen atoms in total. The number of aromatic hydroxyl groups is 2. The number of phenolic OH excluding ortho intramolecular Hbond substituents is 2. The minimum atomic E-state index is -0.298. The van der Waals surface area contributed by atoms with Crippen LogP contribution in [0, 0.1) is 0 Å². The van der Waals surface area contributed by atoms with Gasteiger partial charge in [0.2, 0.25) is 0 Å². The lowest BCUT2D eigenvalue weighted by atomic mass is 10.2. The minimum Gasteiger partial charge on any atom is -0.508 e. The average Bonchev–Trinajstić information content (AvgIpc) is 2.16.